The third kappa shape index (κ3) is 5.62. The maximum atomic E-state index is 6.96. The summed E-state index contributed by atoms with van der Waals surface area (Å²) in [5.41, 5.74) is 13.7. The van der Waals surface area contributed by atoms with E-state index in [-0.39, 0.29) is 0 Å². The Labute approximate surface area is 336 Å². The molecule has 0 atom stereocenters. The van der Waals surface area contributed by atoms with Crippen molar-refractivity contribution in [3.05, 3.63) is 224 Å². The summed E-state index contributed by atoms with van der Waals surface area (Å²) < 4.78 is 9.34. The van der Waals surface area contributed by atoms with Gasteiger partial charge in [-0.15, -0.1) is 0 Å². The number of para-hydroxylation sites is 5. The second-order valence-electron chi connectivity index (χ2n) is 14.6. The number of aromatic nitrogens is 1. The van der Waals surface area contributed by atoms with Crippen molar-refractivity contribution in [3.8, 4) is 16.8 Å². The molecule has 0 aliphatic rings. The zero-order valence-corrected chi connectivity index (χ0v) is 31.6. The fourth-order valence-electron chi connectivity index (χ4n) is 8.57. The molecule has 0 saturated carbocycles. The summed E-state index contributed by atoms with van der Waals surface area (Å²) in [6.07, 6.45) is 0. The van der Waals surface area contributed by atoms with Gasteiger partial charge in [-0.2, -0.15) is 0 Å². The van der Waals surface area contributed by atoms with E-state index in [0.717, 1.165) is 67.3 Å². The lowest BCUT2D eigenvalue weighted by molar-refractivity contribution is 0.669. The molecule has 4 heteroatoms. The fourth-order valence-corrected chi connectivity index (χ4v) is 8.57. The molecule has 2 heterocycles. The Balaban J connectivity index is 1.16. The van der Waals surface area contributed by atoms with Gasteiger partial charge in [0.1, 0.15) is 5.58 Å². The Hall–Kier alpha value is -7.82. The highest BCUT2D eigenvalue weighted by Gasteiger charge is 2.24. The van der Waals surface area contributed by atoms with Gasteiger partial charge >= 0.3 is 0 Å². The second kappa shape index (κ2) is 14.0. The minimum absolute atomic E-state index is 0.825. The van der Waals surface area contributed by atoms with E-state index in [1.165, 1.54) is 27.4 Å². The maximum absolute atomic E-state index is 6.96. The second-order valence-corrected chi connectivity index (χ2v) is 14.6. The molecule has 0 bridgehead atoms. The Morgan fingerprint density at radius 3 is 1.59 bits per heavy atom. The monoisotopic (exact) mass is 743 g/mol. The van der Waals surface area contributed by atoms with Gasteiger partial charge in [-0.25, -0.2) is 0 Å². The number of nitrogens with zero attached hydrogens (tertiary/aromatic N) is 3. The summed E-state index contributed by atoms with van der Waals surface area (Å²) in [6.45, 7) is 0. The smallest absolute Gasteiger partial charge is 0.159 e. The Morgan fingerprint density at radius 1 is 0.345 bits per heavy atom. The van der Waals surface area contributed by atoms with Crippen LogP contribution in [0.3, 0.4) is 0 Å². The Bertz CT molecular complexity index is 3170. The molecule has 0 saturated heterocycles. The first-order chi connectivity index (χ1) is 28.8. The predicted molar refractivity (Wildman–Crippen MR) is 243 cm³/mol. The van der Waals surface area contributed by atoms with Crippen molar-refractivity contribution in [3.63, 3.8) is 0 Å². The molecule has 2 aromatic heterocycles. The number of fused-ring (bicyclic) bond motifs is 6. The highest BCUT2D eigenvalue weighted by molar-refractivity contribution is 6.17. The van der Waals surface area contributed by atoms with Crippen LogP contribution >= 0.6 is 0 Å². The quantitative estimate of drug-likeness (QED) is 0.155. The molecule has 0 aliphatic heterocycles. The molecule has 274 valence electrons. The first-order valence-corrected chi connectivity index (χ1v) is 19.7. The molecule has 0 spiro atoms. The van der Waals surface area contributed by atoms with E-state index in [0.29, 0.717) is 0 Å². The molecule has 0 unspecified atom stereocenters. The molecule has 0 fully saturated rings. The summed E-state index contributed by atoms with van der Waals surface area (Å²) in [5, 5.41) is 4.53. The van der Waals surface area contributed by atoms with Crippen LogP contribution < -0.4 is 9.80 Å². The standard InChI is InChI=1S/C54H37N3O/c1-5-17-38(18-6-1)39-31-33-43(34-32-39)56(44-35-36-46-45-25-13-14-27-48(45)57(51(46)37-44)42-23-11-4-12-24-42)49-28-16-30-52-53(49)47-26-15-29-50(54(47)58-52)55(40-19-7-2-8-20-40)41-21-9-3-10-22-41/h1-37H. The summed E-state index contributed by atoms with van der Waals surface area (Å²) >= 11 is 0. The third-order valence-corrected chi connectivity index (χ3v) is 11.2. The maximum Gasteiger partial charge on any atom is 0.159 e. The van der Waals surface area contributed by atoms with Crippen molar-refractivity contribution in [1.29, 1.82) is 0 Å². The zero-order chi connectivity index (χ0) is 38.4. The average Bonchev–Trinajstić information content (AvgIpc) is 3.85. The molecule has 4 nitrogen and oxygen atoms in total. The van der Waals surface area contributed by atoms with Crippen LogP contribution in [0.25, 0.3) is 60.6 Å². The highest BCUT2D eigenvalue weighted by atomic mass is 16.3. The van der Waals surface area contributed by atoms with Gasteiger partial charge in [0, 0.05) is 44.6 Å². The lowest BCUT2D eigenvalue weighted by atomic mass is 10.0. The van der Waals surface area contributed by atoms with E-state index in [4.69, 9.17) is 4.42 Å². The number of hydrogen-bond acceptors (Lipinski definition) is 3. The van der Waals surface area contributed by atoms with Crippen LogP contribution in [0.4, 0.5) is 34.1 Å². The van der Waals surface area contributed by atoms with Gasteiger partial charge in [-0.3, -0.25) is 0 Å². The van der Waals surface area contributed by atoms with Crippen molar-refractivity contribution in [2.45, 2.75) is 0 Å². The van der Waals surface area contributed by atoms with Crippen molar-refractivity contribution in [1.82, 2.24) is 4.57 Å². The summed E-state index contributed by atoms with van der Waals surface area (Å²) in [7, 11) is 0. The largest absolute Gasteiger partial charge is 0.454 e. The zero-order valence-electron chi connectivity index (χ0n) is 31.6. The van der Waals surface area contributed by atoms with Crippen LogP contribution in [0.15, 0.2) is 229 Å². The topological polar surface area (TPSA) is 24.6 Å². The summed E-state index contributed by atoms with van der Waals surface area (Å²) in [5.74, 6) is 0. The first kappa shape index (κ1) is 33.5. The van der Waals surface area contributed by atoms with Crippen LogP contribution in [0.5, 0.6) is 0 Å². The molecular weight excluding hydrogens is 707 g/mol. The lowest BCUT2D eigenvalue weighted by Gasteiger charge is -2.27. The van der Waals surface area contributed by atoms with Gasteiger partial charge in [0.25, 0.3) is 0 Å². The van der Waals surface area contributed by atoms with Crippen LogP contribution in [-0.4, -0.2) is 4.57 Å². The van der Waals surface area contributed by atoms with Crippen molar-refractivity contribution >= 4 is 77.9 Å². The summed E-state index contributed by atoms with van der Waals surface area (Å²) in [6, 6.07) is 79.6. The number of hydrogen-bond donors (Lipinski definition) is 0. The molecule has 11 rings (SSSR count). The molecule has 0 radical (unpaired) electrons. The Morgan fingerprint density at radius 2 is 0.862 bits per heavy atom. The molecule has 0 aliphatic carbocycles. The molecular formula is C54H37N3O. The average molecular weight is 744 g/mol. The first-order valence-electron chi connectivity index (χ1n) is 19.7. The van der Waals surface area contributed by atoms with E-state index in [9.17, 15) is 0 Å². The number of anilines is 6. The number of rotatable bonds is 8. The van der Waals surface area contributed by atoms with Crippen LogP contribution in [0, 0.1) is 0 Å². The number of benzene rings is 9. The minimum atomic E-state index is 0.825. The Kier molecular flexibility index (Phi) is 8.11. The lowest BCUT2D eigenvalue weighted by Crippen LogP contribution is -2.11. The SMILES string of the molecule is c1ccc(-c2ccc(N(c3ccc4c5ccccc5n(-c5ccccc5)c4c3)c3cccc4oc5c(N(c6ccccc6)c6ccccc6)cccc5c34)cc2)cc1. The van der Waals surface area contributed by atoms with Crippen LogP contribution in [-0.2, 0) is 0 Å². The van der Waals surface area contributed by atoms with E-state index >= 15 is 0 Å². The summed E-state index contributed by atoms with van der Waals surface area (Å²) in [4.78, 5) is 4.66. The van der Waals surface area contributed by atoms with Crippen molar-refractivity contribution < 1.29 is 4.42 Å². The highest BCUT2D eigenvalue weighted by Crippen LogP contribution is 2.48. The van der Waals surface area contributed by atoms with Gasteiger partial charge < -0.3 is 18.8 Å². The van der Waals surface area contributed by atoms with Gasteiger partial charge in [0.2, 0.25) is 0 Å². The number of furan rings is 1. The fraction of sp³-hybridized carbons (Fsp3) is 0. The van der Waals surface area contributed by atoms with Crippen molar-refractivity contribution in [2.24, 2.45) is 0 Å². The van der Waals surface area contributed by atoms with Gasteiger partial charge in [-0.05, 0) is 96.1 Å². The molecule has 11 aromatic rings. The van der Waals surface area contributed by atoms with Crippen LogP contribution in [0.1, 0.15) is 0 Å². The van der Waals surface area contributed by atoms with Gasteiger partial charge in [0.05, 0.1) is 27.8 Å². The van der Waals surface area contributed by atoms with Crippen LogP contribution in [0.2, 0.25) is 0 Å². The van der Waals surface area contributed by atoms with E-state index in [1.807, 2.05) is 0 Å². The van der Waals surface area contributed by atoms with E-state index in [1.54, 1.807) is 0 Å². The molecule has 9 aromatic carbocycles. The normalized spacial score (nSPS) is 11.4. The minimum Gasteiger partial charge on any atom is -0.454 e. The van der Waals surface area contributed by atoms with Crippen molar-refractivity contribution in [2.75, 3.05) is 9.80 Å². The molecule has 58 heavy (non-hydrogen) atoms. The van der Waals surface area contributed by atoms with Gasteiger partial charge in [-0.1, -0.05) is 140 Å². The van der Waals surface area contributed by atoms with E-state index < -0.39 is 0 Å². The predicted octanol–water partition coefficient (Wildman–Crippen LogP) is 15.3. The van der Waals surface area contributed by atoms with E-state index in [2.05, 4.69) is 239 Å². The molecule has 0 N–H and O–H groups in total. The third-order valence-electron chi connectivity index (χ3n) is 11.2. The molecule has 0 amide bonds. The van der Waals surface area contributed by atoms with Gasteiger partial charge in [0.15, 0.2) is 5.58 Å².